The standard InChI is InChI=1S/C13H20N2O3S/c1-10-5-7-15(8-6-10)19(16,17)13-9-11(14)3-4-12(13)18-2/h3-4,9-10H,5-8,14H2,1-2H3. The number of anilines is 1. The second kappa shape index (κ2) is 5.38. The van der Waals surface area contributed by atoms with Gasteiger partial charge in [0.1, 0.15) is 10.6 Å². The molecule has 5 nitrogen and oxygen atoms in total. The maximum atomic E-state index is 12.6. The fourth-order valence-electron chi connectivity index (χ4n) is 2.26. The van der Waals surface area contributed by atoms with Crippen LogP contribution >= 0.6 is 0 Å². The molecule has 1 aromatic carbocycles. The first-order valence-electron chi connectivity index (χ1n) is 6.39. The summed E-state index contributed by atoms with van der Waals surface area (Å²) in [6.45, 7) is 3.26. The van der Waals surface area contributed by atoms with E-state index in [4.69, 9.17) is 10.5 Å². The number of sulfonamides is 1. The number of methoxy groups -OCH3 is 1. The van der Waals surface area contributed by atoms with Crippen molar-refractivity contribution in [3.8, 4) is 5.75 Å². The molecule has 1 aliphatic rings. The third-order valence-electron chi connectivity index (χ3n) is 3.55. The van der Waals surface area contributed by atoms with Gasteiger partial charge in [-0.25, -0.2) is 8.42 Å². The molecule has 6 heteroatoms. The Labute approximate surface area is 114 Å². The summed E-state index contributed by atoms with van der Waals surface area (Å²) in [7, 11) is -2.06. The molecule has 19 heavy (non-hydrogen) atoms. The lowest BCUT2D eigenvalue weighted by molar-refractivity contribution is 0.287. The molecule has 0 aliphatic carbocycles. The van der Waals surface area contributed by atoms with E-state index in [0.29, 0.717) is 30.4 Å². The van der Waals surface area contributed by atoms with Crippen LogP contribution in [0.5, 0.6) is 5.75 Å². The van der Waals surface area contributed by atoms with Crippen LogP contribution in [0.1, 0.15) is 19.8 Å². The Morgan fingerprint density at radius 3 is 2.53 bits per heavy atom. The van der Waals surface area contributed by atoms with E-state index in [0.717, 1.165) is 12.8 Å². The second-order valence-electron chi connectivity index (χ2n) is 5.00. The Morgan fingerprint density at radius 1 is 1.32 bits per heavy atom. The lowest BCUT2D eigenvalue weighted by Gasteiger charge is -2.29. The van der Waals surface area contributed by atoms with Crippen molar-refractivity contribution >= 4 is 15.7 Å². The van der Waals surface area contributed by atoms with Crippen molar-refractivity contribution in [1.82, 2.24) is 4.31 Å². The average Bonchev–Trinajstić information content (AvgIpc) is 2.39. The molecular formula is C13H20N2O3S. The highest BCUT2D eigenvalue weighted by Crippen LogP contribution is 2.30. The van der Waals surface area contributed by atoms with Crippen LogP contribution in [0.4, 0.5) is 5.69 Å². The Balaban J connectivity index is 2.36. The fourth-order valence-corrected chi connectivity index (χ4v) is 3.92. The van der Waals surface area contributed by atoms with Gasteiger partial charge in [0.25, 0.3) is 0 Å². The van der Waals surface area contributed by atoms with Crippen molar-refractivity contribution < 1.29 is 13.2 Å². The monoisotopic (exact) mass is 284 g/mol. The van der Waals surface area contributed by atoms with E-state index in [1.165, 1.54) is 17.5 Å². The van der Waals surface area contributed by atoms with Crippen LogP contribution in [0, 0.1) is 5.92 Å². The first-order valence-corrected chi connectivity index (χ1v) is 7.83. The van der Waals surface area contributed by atoms with Crippen LogP contribution in [-0.4, -0.2) is 32.9 Å². The summed E-state index contributed by atoms with van der Waals surface area (Å²) in [6.07, 6.45) is 1.79. The van der Waals surface area contributed by atoms with Crippen LogP contribution < -0.4 is 10.5 Å². The molecule has 1 aromatic rings. The summed E-state index contributed by atoms with van der Waals surface area (Å²) >= 11 is 0. The molecule has 1 aliphatic heterocycles. The molecule has 0 saturated carbocycles. The molecular weight excluding hydrogens is 264 g/mol. The van der Waals surface area contributed by atoms with Gasteiger partial charge in [-0.1, -0.05) is 6.92 Å². The quantitative estimate of drug-likeness (QED) is 0.857. The highest BCUT2D eigenvalue weighted by molar-refractivity contribution is 7.89. The highest BCUT2D eigenvalue weighted by Gasteiger charge is 2.30. The van der Waals surface area contributed by atoms with Gasteiger partial charge in [0.05, 0.1) is 7.11 Å². The molecule has 0 spiro atoms. The molecule has 0 aromatic heterocycles. The number of piperidine rings is 1. The molecule has 0 radical (unpaired) electrons. The molecule has 1 heterocycles. The number of nitrogens with two attached hydrogens (primary N) is 1. The van der Waals surface area contributed by atoms with Crippen LogP contribution in [-0.2, 0) is 10.0 Å². The minimum Gasteiger partial charge on any atom is -0.495 e. The normalized spacial score (nSPS) is 18.4. The number of hydrogen-bond donors (Lipinski definition) is 1. The summed E-state index contributed by atoms with van der Waals surface area (Å²) < 4.78 is 31.9. The SMILES string of the molecule is COc1ccc(N)cc1S(=O)(=O)N1CCC(C)CC1. The molecule has 2 N–H and O–H groups in total. The van der Waals surface area contributed by atoms with Gasteiger partial charge in [-0.15, -0.1) is 0 Å². The fraction of sp³-hybridized carbons (Fsp3) is 0.538. The maximum Gasteiger partial charge on any atom is 0.246 e. The smallest absolute Gasteiger partial charge is 0.246 e. The lowest BCUT2D eigenvalue weighted by Crippen LogP contribution is -2.38. The molecule has 0 amide bonds. The third-order valence-corrected chi connectivity index (χ3v) is 5.47. The van der Waals surface area contributed by atoms with Crippen molar-refractivity contribution in [3.63, 3.8) is 0 Å². The number of nitrogen functional groups attached to an aromatic ring is 1. The Morgan fingerprint density at radius 2 is 1.95 bits per heavy atom. The molecule has 106 valence electrons. The summed E-state index contributed by atoms with van der Waals surface area (Å²) in [5.41, 5.74) is 6.11. The van der Waals surface area contributed by atoms with Crippen molar-refractivity contribution in [3.05, 3.63) is 18.2 Å². The molecule has 0 unspecified atom stereocenters. The van der Waals surface area contributed by atoms with Gasteiger partial charge in [-0.05, 0) is 37.0 Å². The molecule has 2 rings (SSSR count). The largest absolute Gasteiger partial charge is 0.495 e. The number of hydrogen-bond acceptors (Lipinski definition) is 4. The zero-order chi connectivity index (χ0) is 14.0. The molecule has 1 fully saturated rings. The number of rotatable bonds is 3. The van der Waals surface area contributed by atoms with Crippen molar-refractivity contribution in [2.45, 2.75) is 24.7 Å². The van der Waals surface area contributed by atoms with Crippen molar-refractivity contribution in [2.24, 2.45) is 5.92 Å². The minimum atomic E-state index is -3.52. The van der Waals surface area contributed by atoms with E-state index >= 15 is 0 Å². The van der Waals surface area contributed by atoms with Gasteiger partial charge in [-0.3, -0.25) is 0 Å². The van der Waals surface area contributed by atoms with Crippen molar-refractivity contribution in [2.75, 3.05) is 25.9 Å². The molecule has 1 saturated heterocycles. The highest BCUT2D eigenvalue weighted by atomic mass is 32.2. The van der Waals surface area contributed by atoms with Gasteiger partial charge in [0.15, 0.2) is 0 Å². The van der Waals surface area contributed by atoms with Crippen LogP contribution in [0.25, 0.3) is 0 Å². The van der Waals surface area contributed by atoms with Gasteiger partial charge >= 0.3 is 0 Å². The van der Waals surface area contributed by atoms with Gasteiger partial charge in [-0.2, -0.15) is 4.31 Å². The van der Waals surface area contributed by atoms with Gasteiger partial charge in [0.2, 0.25) is 10.0 Å². The number of ether oxygens (including phenoxy) is 1. The minimum absolute atomic E-state index is 0.157. The average molecular weight is 284 g/mol. The van der Waals surface area contributed by atoms with E-state index in [2.05, 4.69) is 6.92 Å². The first kappa shape index (κ1) is 14.1. The van der Waals surface area contributed by atoms with E-state index < -0.39 is 10.0 Å². The van der Waals surface area contributed by atoms with Crippen LogP contribution in [0.3, 0.4) is 0 Å². The van der Waals surface area contributed by atoms with Gasteiger partial charge in [0, 0.05) is 18.8 Å². The van der Waals surface area contributed by atoms with Gasteiger partial charge < -0.3 is 10.5 Å². The number of nitrogens with zero attached hydrogens (tertiary/aromatic N) is 1. The van der Waals surface area contributed by atoms with Crippen LogP contribution in [0.15, 0.2) is 23.1 Å². The van der Waals surface area contributed by atoms with E-state index in [9.17, 15) is 8.42 Å². The summed E-state index contributed by atoms with van der Waals surface area (Å²) in [5, 5.41) is 0. The van der Waals surface area contributed by atoms with Crippen molar-refractivity contribution in [1.29, 1.82) is 0 Å². The predicted molar refractivity (Wildman–Crippen MR) is 74.6 cm³/mol. The van der Waals surface area contributed by atoms with Crippen LogP contribution in [0.2, 0.25) is 0 Å². The zero-order valence-electron chi connectivity index (χ0n) is 11.3. The lowest BCUT2D eigenvalue weighted by atomic mass is 10.0. The summed E-state index contributed by atoms with van der Waals surface area (Å²) in [5.74, 6) is 0.919. The van der Waals surface area contributed by atoms with E-state index in [-0.39, 0.29) is 4.90 Å². The Hall–Kier alpha value is -1.27. The summed E-state index contributed by atoms with van der Waals surface area (Å²) in [6, 6.07) is 4.69. The first-order chi connectivity index (χ1) is 8.95. The predicted octanol–water partition coefficient (Wildman–Crippen LogP) is 1.70. The maximum absolute atomic E-state index is 12.6. The van der Waals surface area contributed by atoms with E-state index in [1.54, 1.807) is 12.1 Å². The topological polar surface area (TPSA) is 72.6 Å². The van der Waals surface area contributed by atoms with E-state index in [1.807, 2.05) is 0 Å². The zero-order valence-corrected chi connectivity index (χ0v) is 12.1. The summed E-state index contributed by atoms with van der Waals surface area (Å²) in [4.78, 5) is 0.157. The molecule has 0 bridgehead atoms. The second-order valence-corrected chi connectivity index (χ2v) is 6.90. The Kier molecular flexibility index (Phi) is 4.01. The molecule has 0 atom stereocenters. The Bertz CT molecular complexity index is 549. The third kappa shape index (κ3) is 2.84. The number of benzene rings is 1.